The van der Waals surface area contributed by atoms with E-state index >= 15 is 0 Å². The van der Waals surface area contributed by atoms with Crippen LogP contribution in [0.5, 0.6) is 0 Å². The van der Waals surface area contributed by atoms with Crippen molar-refractivity contribution in [1.29, 1.82) is 5.41 Å². The van der Waals surface area contributed by atoms with E-state index in [0.717, 1.165) is 11.8 Å². The Morgan fingerprint density at radius 3 is 2.04 bits per heavy atom. The minimum atomic E-state index is -2.04. The summed E-state index contributed by atoms with van der Waals surface area (Å²) < 4.78 is 8.18. The first kappa shape index (κ1) is 24.2. The Balaban J connectivity index is 2.37. The number of nitrogens with one attached hydrogen (secondary N) is 1. The van der Waals surface area contributed by atoms with Crippen LogP contribution in [-0.4, -0.2) is 33.8 Å². The summed E-state index contributed by atoms with van der Waals surface area (Å²) in [5.41, 5.74) is 0. The maximum atomic E-state index is 9.13. The topological polar surface area (TPSA) is 37.0 Å². The summed E-state index contributed by atoms with van der Waals surface area (Å²) in [6, 6.07) is 6.04. The second kappa shape index (κ2) is 10.3. The summed E-state index contributed by atoms with van der Waals surface area (Å²) >= 11 is -2.04. The third-order valence-electron chi connectivity index (χ3n) is 8.42. The molecule has 1 aromatic rings. The minimum absolute atomic E-state index is 1.05. The van der Waals surface area contributed by atoms with E-state index in [0.29, 0.717) is 0 Å². The first-order chi connectivity index (χ1) is 13.3. The van der Waals surface area contributed by atoms with E-state index in [1.165, 1.54) is 76.7 Å². The van der Waals surface area contributed by atoms with Gasteiger partial charge in [0.05, 0.1) is 0 Å². The van der Waals surface area contributed by atoms with Gasteiger partial charge in [-0.2, -0.15) is 0 Å². The van der Waals surface area contributed by atoms with Crippen LogP contribution in [0.2, 0.25) is 41.4 Å². The van der Waals surface area contributed by atoms with Crippen molar-refractivity contribution in [2.24, 2.45) is 0 Å². The van der Waals surface area contributed by atoms with Crippen LogP contribution in [0.15, 0.2) is 16.5 Å². The first-order valence-corrected chi connectivity index (χ1v) is 24.2. The van der Waals surface area contributed by atoms with Crippen molar-refractivity contribution in [2.75, 3.05) is 0 Å². The molecule has 2 rings (SSSR count). The van der Waals surface area contributed by atoms with Crippen molar-refractivity contribution in [2.45, 2.75) is 114 Å². The molecule has 160 valence electrons. The van der Waals surface area contributed by atoms with E-state index in [9.17, 15) is 0 Å². The van der Waals surface area contributed by atoms with Gasteiger partial charge in [-0.3, -0.25) is 0 Å². The molecule has 1 aromatic heterocycles. The summed E-state index contributed by atoms with van der Waals surface area (Å²) in [7, 11) is -3.59. The Kier molecular flexibility index (Phi) is 8.90. The van der Waals surface area contributed by atoms with Crippen LogP contribution in [-0.2, 0) is 0 Å². The molecule has 0 radical (unpaired) electrons. The van der Waals surface area contributed by atoms with Gasteiger partial charge in [0.2, 0.25) is 0 Å². The predicted molar refractivity (Wildman–Crippen MR) is 134 cm³/mol. The first-order valence-electron chi connectivity index (χ1n) is 12.0. The fourth-order valence-electron chi connectivity index (χ4n) is 5.28. The Hall–Kier alpha value is -0.0734. The van der Waals surface area contributed by atoms with Gasteiger partial charge in [-0.15, -0.1) is 0 Å². The molecule has 28 heavy (non-hydrogen) atoms. The van der Waals surface area contributed by atoms with E-state index in [4.69, 9.17) is 9.83 Å². The molecule has 5 heteroatoms. The van der Waals surface area contributed by atoms with Crippen molar-refractivity contribution in [3.63, 3.8) is 0 Å². The van der Waals surface area contributed by atoms with Gasteiger partial charge in [0.1, 0.15) is 0 Å². The summed E-state index contributed by atoms with van der Waals surface area (Å²) in [4.78, 5) is 0. The monoisotopic (exact) mass is 481 g/mol. The molecule has 1 atom stereocenters. The number of furan rings is 1. The summed E-state index contributed by atoms with van der Waals surface area (Å²) in [6.45, 7) is 14.8. The quantitative estimate of drug-likeness (QED) is 0.449. The van der Waals surface area contributed by atoms with E-state index < -0.39 is 28.4 Å². The molecular formula is C23H45GeNOSi2. The second-order valence-electron chi connectivity index (χ2n) is 9.92. The van der Waals surface area contributed by atoms with Gasteiger partial charge < -0.3 is 0 Å². The zero-order chi connectivity index (χ0) is 20.8. The van der Waals surface area contributed by atoms with Gasteiger partial charge in [-0.25, -0.2) is 0 Å². The van der Waals surface area contributed by atoms with Crippen molar-refractivity contribution in [3.8, 4) is 0 Å². The van der Waals surface area contributed by atoms with E-state index in [1.54, 1.807) is 0 Å². The molecule has 1 aliphatic heterocycles. The van der Waals surface area contributed by atoms with Crippen LogP contribution in [0.25, 0.3) is 0 Å². The number of rotatable bonds is 6. The van der Waals surface area contributed by atoms with Gasteiger partial charge in [0.15, 0.2) is 0 Å². The van der Waals surface area contributed by atoms with E-state index in [2.05, 4.69) is 52.5 Å². The predicted octanol–water partition coefficient (Wildman–Crippen LogP) is 6.76. The van der Waals surface area contributed by atoms with Crippen LogP contribution in [0.1, 0.15) is 72.1 Å². The van der Waals surface area contributed by atoms with E-state index in [-0.39, 0.29) is 0 Å². The van der Waals surface area contributed by atoms with Crippen molar-refractivity contribution < 1.29 is 4.42 Å². The Bertz CT molecular complexity index is 630. The fourth-order valence-corrected chi connectivity index (χ4v) is 24.3. The van der Waals surface area contributed by atoms with Crippen molar-refractivity contribution in [3.05, 3.63) is 12.1 Å². The molecule has 1 fully saturated rings. The van der Waals surface area contributed by atoms with Crippen molar-refractivity contribution >= 4 is 43.8 Å². The van der Waals surface area contributed by atoms with Crippen LogP contribution >= 0.6 is 0 Å². The zero-order valence-electron chi connectivity index (χ0n) is 19.5. The Morgan fingerprint density at radius 2 is 1.46 bits per heavy atom. The van der Waals surface area contributed by atoms with Crippen LogP contribution in [0.4, 0.5) is 0 Å². The standard InChI is InChI=1S/C23H45GeNOSi2/c1-7-24(8-2,9-3)21-18-19-23(26-21)27(4,5)28(6)20-16-14-12-10-11-13-15-17-22(28)25/h18-19,25H,7-17,20H2,1-6H3. The average Bonchev–Trinajstić information content (AvgIpc) is 3.18. The molecule has 2 nitrogen and oxygen atoms in total. The van der Waals surface area contributed by atoms with Crippen LogP contribution in [0.3, 0.4) is 0 Å². The SMILES string of the molecule is C[CH2][Ge]([CH2]C)([CH2]C)[c]1ccc([Si](C)(C)[Si]2(C)CCCCCCCCCC2=N)o1. The van der Waals surface area contributed by atoms with Gasteiger partial charge in [0, 0.05) is 0 Å². The normalized spacial score (nSPS) is 23.4. The van der Waals surface area contributed by atoms with Gasteiger partial charge in [-0.1, -0.05) is 0 Å². The molecule has 2 heterocycles. The third kappa shape index (κ3) is 4.80. The Labute approximate surface area is 178 Å². The van der Waals surface area contributed by atoms with Crippen molar-refractivity contribution in [1.82, 2.24) is 0 Å². The average molecular weight is 480 g/mol. The zero-order valence-corrected chi connectivity index (χ0v) is 23.6. The molecule has 1 saturated heterocycles. The summed E-state index contributed by atoms with van der Waals surface area (Å²) in [6.07, 6.45) is 10.5. The maximum absolute atomic E-state index is 9.13. The number of hydrogen-bond donors (Lipinski definition) is 1. The molecule has 0 aliphatic carbocycles. The van der Waals surface area contributed by atoms with Gasteiger partial charge >= 0.3 is 179 Å². The van der Waals surface area contributed by atoms with Gasteiger partial charge in [0.25, 0.3) is 0 Å². The third-order valence-corrected chi connectivity index (χ3v) is 37.6. The number of hydrogen-bond acceptors (Lipinski definition) is 2. The van der Waals surface area contributed by atoms with Gasteiger partial charge in [-0.05, 0) is 0 Å². The van der Waals surface area contributed by atoms with Crippen LogP contribution < -0.4 is 9.98 Å². The molecule has 0 amide bonds. The summed E-state index contributed by atoms with van der Waals surface area (Å²) in [5.74, 6) is 0. The molecule has 0 bridgehead atoms. The Morgan fingerprint density at radius 1 is 0.929 bits per heavy atom. The fraction of sp³-hybridized carbons (Fsp3) is 0.783. The second-order valence-corrected chi connectivity index (χ2v) is 35.3. The molecule has 1 aliphatic rings. The molecular weight excluding hydrogens is 435 g/mol. The van der Waals surface area contributed by atoms with Crippen LogP contribution in [0, 0.1) is 5.41 Å². The summed E-state index contributed by atoms with van der Waals surface area (Å²) in [5, 5.41) is 15.6. The molecule has 0 spiro atoms. The van der Waals surface area contributed by atoms with E-state index in [1.807, 2.05) is 0 Å². The molecule has 1 N–H and O–H groups in total. The molecule has 1 unspecified atom stereocenters. The molecule has 0 saturated carbocycles. The molecule has 0 aromatic carbocycles.